The van der Waals surface area contributed by atoms with Crippen LogP contribution in [0.1, 0.15) is 32.6 Å². The molecule has 1 aliphatic rings. The molecular formula is C11H19NO3S. The molecule has 16 heavy (non-hydrogen) atoms. The van der Waals surface area contributed by atoms with E-state index in [4.69, 9.17) is 5.11 Å². The lowest BCUT2D eigenvalue weighted by Gasteiger charge is -2.41. The first-order chi connectivity index (χ1) is 7.58. The van der Waals surface area contributed by atoms with E-state index in [1.165, 1.54) is 19.3 Å². The van der Waals surface area contributed by atoms with Crippen LogP contribution in [0.4, 0.5) is 0 Å². The molecule has 92 valence electrons. The summed E-state index contributed by atoms with van der Waals surface area (Å²) in [5.41, 5.74) is 0.327. The van der Waals surface area contributed by atoms with Gasteiger partial charge in [-0.15, -0.1) is 11.8 Å². The normalized spacial score (nSPS) is 17.6. The lowest BCUT2D eigenvalue weighted by Crippen LogP contribution is -2.42. The van der Waals surface area contributed by atoms with Crippen molar-refractivity contribution in [2.45, 2.75) is 32.6 Å². The van der Waals surface area contributed by atoms with Gasteiger partial charge >= 0.3 is 5.97 Å². The molecular weight excluding hydrogens is 226 g/mol. The molecule has 0 aromatic rings. The Kier molecular flexibility index (Phi) is 5.12. The predicted molar refractivity (Wildman–Crippen MR) is 64.5 cm³/mol. The fourth-order valence-corrected chi connectivity index (χ4v) is 2.46. The van der Waals surface area contributed by atoms with E-state index in [-0.39, 0.29) is 17.4 Å². The summed E-state index contributed by atoms with van der Waals surface area (Å²) in [4.78, 5) is 21.6. The second-order valence-corrected chi connectivity index (χ2v) is 5.36. The van der Waals surface area contributed by atoms with E-state index >= 15 is 0 Å². The van der Waals surface area contributed by atoms with E-state index in [9.17, 15) is 9.59 Å². The zero-order valence-electron chi connectivity index (χ0n) is 9.62. The summed E-state index contributed by atoms with van der Waals surface area (Å²) in [6, 6.07) is 0. The Morgan fingerprint density at radius 2 is 2.06 bits per heavy atom. The Balaban J connectivity index is 2.12. The summed E-state index contributed by atoms with van der Waals surface area (Å²) in [6.45, 7) is 2.90. The minimum absolute atomic E-state index is 0.00760. The largest absolute Gasteiger partial charge is 0.481 e. The number of hydrogen-bond donors (Lipinski definition) is 2. The average Bonchev–Trinajstić information content (AvgIpc) is 2.16. The number of carboxylic acid groups (broad SMARTS) is 1. The molecule has 1 fully saturated rings. The highest BCUT2D eigenvalue weighted by molar-refractivity contribution is 8.00. The third-order valence-electron chi connectivity index (χ3n) is 3.28. The van der Waals surface area contributed by atoms with Crippen molar-refractivity contribution in [3.05, 3.63) is 0 Å². The molecule has 0 heterocycles. The first kappa shape index (κ1) is 13.4. The number of nitrogens with one attached hydrogen (secondary N) is 1. The highest BCUT2D eigenvalue weighted by Crippen LogP contribution is 2.42. The zero-order valence-corrected chi connectivity index (χ0v) is 10.4. The van der Waals surface area contributed by atoms with Gasteiger partial charge in [0, 0.05) is 6.54 Å². The van der Waals surface area contributed by atoms with Crippen molar-refractivity contribution < 1.29 is 14.7 Å². The minimum Gasteiger partial charge on any atom is -0.481 e. The fraction of sp³-hybridized carbons (Fsp3) is 0.818. The Morgan fingerprint density at radius 1 is 1.38 bits per heavy atom. The molecule has 2 N–H and O–H groups in total. The van der Waals surface area contributed by atoms with Gasteiger partial charge in [0.15, 0.2) is 0 Å². The maximum Gasteiger partial charge on any atom is 0.313 e. The van der Waals surface area contributed by atoms with Crippen molar-refractivity contribution >= 4 is 23.6 Å². The van der Waals surface area contributed by atoms with Gasteiger partial charge in [0.05, 0.1) is 11.5 Å². The van der Waals surface area contributed by atoms with Gasteiger partial charge < -0.3 is 10.4 Å². The second-order valence-electron chi connectivity index (χ2n) is 4.37. The summed E-state index contributed by atoms with van der Waals surface area (Å²) in [6.07, 6.45) is 4.77. The van der Waals surface area contributed by atoms with Gasteiger partial charge in [-0.2, -0.15) is 0 Å². The van der Waals surface area contributed by atoms with E-state index in [0.29, 0.717) is 5.41 Å². The van der Waals surface area contributed by atoms with E-state index < -0.39 is 5.97 Å². The van der Waals surface area contributed by atoms with Crippen molar-refractivity contribution in [2.75, 3.05) is 18.1 Å². The van der Waals surface area contributed by atoms with Gasteiger partial charge in [0.1, 0.15) is 0 Å². The Labute approximate surface area is 100 Å². The summed E-state index contributed by atoms with van der Waals surface area (Å²) in [5, 5.41) is 11.3. The number of hydrogen-bond acceptors (Lipinski definition) is 3. The number of aliphatic carboxylic acids is 1. The average molecular weight is 245 g/mol. The third-order valence-corrected chi connectivity index (χ3v) is 4.20. The van der Waals surface area contributed by atoms with Crippen molar-refractivity contribution in [1.82, 2.24) is 5.32 Å². The quantitative estimate of drug-likeness (QED) is 0.713. The number of rotatable bonds is 7. The molecule has 0 saturated heterocycles. The molecule has 0 aliphatic heterocycles. The van der Waals surface area contributed by atoms with Crippen LogP contribution >= 0.6 is 11.8 Å². The SMILES string of the molecule is CCC1(CNC(=O)CSCC(=O)O)CCC1. The highest BCUT2D eigenvalue weighted by Gasteiger charge is 2.34. The number of carbonyl (C=O) groups excluding carboxylic acids is 1. The van der Waals surface area contributed by atoms with Crippen LogP contribution in [0.5, 0.6) is 0 Å². The van der Waals surface area contributed by atoms with Crippen LogP contribution in [0, 0.1) is 5.41 Å². The molecule has 0 aromatic carbocycles. The van der Waals surface area contributed by atoms with Crippen molar-refractivity contribution in [1.29, 1.82) is 0 Å². The third kappa shape index (κ3) is 4.04. The molecule has 0 aromatic heterocycles. The van der Waals surface area contributed by atoms with Crippen molar-refractivity contribution in [3.63, 3.8) is 0 Å². The standard InChI is InChI=1S/C11H19NO3S/c1-2-11(4-3-5-11)8-12-9(13)6-16-7-10(14)15/h2-8H2,1H3,(H,12,13)(H,14,15). The first-order valence-electron chi connectivity index (χ1n) is 5.64. The van der Waals surface area contributed by atoms with Crippen molar-refractivity contribution in [2.24, 2.45) is 5.41 Å². The molecule has 4 nitrogen and oxygen atoms in total. The fourth-order valence-electron chi connectivity index (χ4n) is 1.90. The van der Waals surface area contributed by atoms with Gasteiger partial charge in [-0.1, -0.05) is 13.3 Å². The minimum atomic E-state index is -0.873. The molecule has 0 bridgehead atoms. The van der Waals surface area contributed by atoms with Crippen LogP contribution in [0.25, 0.3) is 0 Å². The zero-order chi connectivity index (χ0) is 12.0. The van der Waals surface area contributed by atoms with E-state index in [1.807, 2.05) is 0 Å². The van der Waals surface area contributed by atoms with Crippen molar-refractivity contribution in [3.8, 4) is 0 Å². The Bertz CT molecular complexity index is 258. The molecule has 0 radical (unpaired) electrons. The maximum atomic E-state index is 11.4. The monoisotopic (exact) mass is 245 g/mol. The highest BCUT2D eigenvalue weighted by atomic mass is 32.2. The van der Waals surface area contributed by atoms with Crippen LogP contribution in [-0.2, 0) is 9.59 Å². The summed E-state index contributed by atoms with van der Waals surface area (Å²) < 4.78 is 0. The second kappa shape index (κ2) is 6.13. The smallest absolute Gasteiger partial charge is 0.313 e. The van der Waals surface area contributed by atoms with Crippen LogP contribution in [0.15, 0.2) is 0 Å². The first-order valence-corrected chi connectivity index (χ1v) is 6.80. The van der Waals surface area contributed by atoms with Gasteiger partial charge in [-0.05, 0) is 24.7 Å². The molecule has 1 amide bonds. The molecule has 0 atom stereocenters. The Morgan fingerprint density at radius 3 is 2.50 bits per heavy atom. The predicted octanol–water partition coefficient (Wildman–Crippen LogP) is 1.50. The lowest BCUT2D eigenvalue weighted by atomic mass is 9.67. The summed E-state index contributed by atoms with van der Waals surface area (Å²) >= 11 is 1.14. The van der Waals surface area contributed by atoms with Gasteiger partial charge in [0.2, 0.25) is 5.91 Å². The number of amides is 1. The molecule has 5 heteroatoms. The molecule has 1 saturated carbocycles. The van der Waals surface area contributed by atoms with Crippen LogP contribution < -0.4 is 5.32 Å². The number of carboxylic acids is 1. The van der Waals surface area contributed by atoms with E-state index in [1.54, 1.807) is 0 Å². The van der Waals surface area contributed by atoms with Gasteiger partial charge in [-0.25, -0.2) is 0 Å². The molecule has 1 aliphatic carbocycles. The molecule has 0 unspecified atom stereocenters. The van der Waals surface area contributed by atoms with Crippen LogP contribution in [-0.4, -0.2) is 35.0 Å². The van der Waals surface area contributed by atoms with Crippen LogP contribution in [0.2, 0.25) is 0 Å². The maximum absolute atomic E-state index is 11.4. The molecule has 1 rings (SSSR count). The molecule has 0 spiro atoms. The summed E-state index contributed by atoms with van der Waals surface area (Å²) in [7, 11) is 0. The van der Waals surface area contributed by atoms with E-state index in [0.717, 1.165) is 24.7 Å². The lowest BCUT2D eigenvalue weighted by molar-refractivity contribution is -0.133. The summed E-state index contributed by atoms with van der Waals surface area (Å²) in [5.74, 6) is -0.689. The Hall–Kier alpha value is -0.710. The number of thioether (sulfide) groups is 1. The topological polar surface area (TPSA) is 66.4 Å². The van der Waals surface area contributed by atoms with Crippen LogP contribution in [0.3, 0.4) is 0 Å². The van der Waals surface area contributed by atoms with Gasteiger partial charge in [-0.3, -0.25) is 9.59 Å². The van der Waals surface area contributed by atoms with Gasteiger partial charge in [0.25, 0.3) is 0 Å². The van der Waals surface area contributed by atoms with E-state index in [2.05, 4.69) is 12.2 Å². The number of carbonyl (C=O) groups is 2.